The molecule has 0 saturated heterocycles. The van der Waals surface area contributed by atoms with Gasteiger partial charge in [0.2, 0.25) is 0 Å². The summed E-state index contributed by atoms with van der Waals surface area (Å²) in [5.41, 5.74) is 1.75. The predicted molar refractivity (Wildman–Crippen MR) is 105 cm³/mol. The molecule has 0 aliphatic heterocycles. The standard InChI is InChI=1S/C21H25F2N3O3/c1-14(2)12-25-21(28)26-18(27)13-24-19(15-6-4-3-5-7-15)16-8-10-17(11-9-16)29-20(22)23/h3-11,14,19-20,24H,12-13H2,1-2H3,(H2,25,26,27,28)/p+1/t19-/m0/s1. The van der Waals surface area contributed by atoms with Crippen molar-refractivity contribution >= 4 is 11.9 Å². The Kier molecular flexibility index (Phi) is 8.54. The van der Waals surface area contributed by atoms with Crippen LogP contribution in [0.3, 0.4) is 0 Å². The van der Waals surface area contributed by atoms with Crippen LogP contribution in [0, 0.1) is 5.92 Å². The molecule has 0 aromatic heterocycles. The molecular weight excluding hydrogens is 380 g/mol. The number of hydrogen-bond acceptors (Lipinski definition) is 3. The van der Waals surface area contributed by atoms with Crippen molar-refractivity contribution in [2.45, 2.75) is 26.5 Å². The number of carbonyl (C=O) groups excluding carboxylic acids is 2. The van der Waals surface area contributed by atoms with Gasteiger partial charge in [-0.3, -0.25) is 10.1 Å². The molecule has 0 radical (unpaired) electrons. The Bertz CT molecular complexity index is 784. The van der Waals surface area contributed by atoms with Gasteiger partial charge in [0.1, 0.15) is 11.8 Å². The fourth-order valence-electron chi connectivity index (χ4n) is 2.73. The first-order chi connectivity index (χ1) is 13.8. The van der Waals surface area contributed by atoms with Crippen LogP contribution in [0.15, 0.2) is 54.6 Å². The summed E-state index contributed by atoms with van der Waals surface area (Å²) in [7, 11) is 0. The fourth-order valence-corrected chi connectivity index (χ4v) is 2.73. The van der Waals surface area contributed by atoms with Crippen molar-refractivity contribution in [1.82, 2.24) is 10.6 Å². The number of hydrogen-bond donors (Lipinski definition) is 3. The van der Waals surface area contributed by atoms with Crippen molar-refractivity contribution in [3.05, 3.63) is 65.7 Å². The molecule has 0 aliphatic carbocycles. The number of nitrogens with one attached hydrogen (secondary N) is 2. The van der Waals surface area contributed by atoms with E-state index in [1.807, 2.05) is 44.2 Å². The Morgan fingerprint density at radius 2 is 1.62 bits per heavy atom. The third-order valence-corrected chi connectivity index (χ3v) is 4.09. The Labute approximate surface area is 168 Å². The number of amides is 3. The monoisotopic (exact) mass is 406 g/mol. The smallest absolute Gasteiger partial charge is 0.387 e. The van der Waals surface area contributed by atoms with Crippen LogP contribution >= 0.6 is 0 Å². The molecule has 3 amide bonds. The van der Waals surface area contributed by atoms with Gasteiger partial charge in [-0.2, -0.15) is 8.78 Å². The first-order valence-electron chi connectivity index (χ1n) is 9.36. The number of nitrogens with two attached hydrogens (primary N) is 1. The van der Waals surface area contributed by atoms with Gasteiger partial charge in [-0.05, 0) is 30.2 Å². The lowest BCUT2D eigenvalue weighted by atomic mass is 9.98. The molecule has 2 rings (SSSR count). The molecule has 156 valence electrons. The van der Waals surface area contributed by atoms with Crippen molar-refractivity contribution in [3.63, 3.8) is 0 Å². The zero-order valence-corrected chi connectivity index (χ0v) is 16.4. The number of rotatable bonds is 9. The fraction of sp³-hybridized carbons (Fsp3) is 0.333. The number of quaternary nitrogens is 1. The summed E-state index contributed by atoms with van der Waals surface area (Å²) < 4.78 is 29.1. The van der Waals surface area contributed by atoms with Crippen LogP contribution in [0.4, 0.5) is 13.6 Å². The maximum atomic E-state index is 12.4. The van der Waals surface area contributed by atoms with Gasteiger partial charge in [-0.25, -0.2) is 4.79 Å². The molecule has 0 spiro atoms. The average Bonchev–Trinajstić information content (AvgIpc) is 2.68. The number of ether oxygens (including phenoxy) is 1. The third-order valence-electron chi connectivity index (χ3n) is 4.09. The maximum Gasteiger partial charge on any atom is 0.387 e. The normalized spacial score (nSPS) is 11.9. The van der Waals surface area contributed by atoms with E-state index in [1.165, 1.54) is 12.1 Å². The van der Waals surface area contributed by atoms with E-state index < -0.39 is 18.5 Å². The van der Waals surface area contributed by atoms with Crippen molar-refractivity contribution < 1.29 is 28.4 Å². The number of halogens is 2. The van der Waals surface area contributed by atoms with Gasteiger partial charge in [0.05, 0.1) is 0 Å². The van der Waals surface area contributed by atoms with Gasteiger partial charge in [-0.1, -0.05) is 44.2 Å². The topological polar surface area (TPSA) is 84.0 Å². The van der Waals surface area contributed by atoms with Gasteiger partial charge < -0.3 is 15.4 Å². The first kappa shape index (κ1) is 22.3. The van der Waals surface area contributed by atoms with Crippen molar-refractivity contribution in [2.24, 2.45) is 5.92 Å². The second-order valence-electron chi connectivity index (χ2n) is 6.93. The van der Waals surface area contributed by atoms with Gasteiger partial charge in [-0.15, -0.1) is 0 Å². The van der Waals surface area contributed by atoms with E-state index in [0.29, 0.717) is 6.54 Å². The predicted octanol–water partition coefficient (Wildman–Crippen LogP) is 2.42. The summed E-state index contributed by atoms with van der Waals surface area (Å²) in [6, 6.07) is 15.0. The number of imide groups is 1. The van der Waals surface area contributed by atoms with Crippen LogP contribution < -0.4 is 20.7 Å². The number of urea groups is 1. The summed E-state index contributed by atoms with van der Waals surface area (Å²) in [5.74, 6) is -0.0816. The molecule has 8 heteroatoms. The van der Waals surface area contributed by atoms with E-state index in [0.717, 1.165) is 11.1 Å². The van der Waals surface area contributed by atoms with Crippen LogP contribution in [0.5, 0.6) is 5.75 Å². The molecular formula is C21H26F2N3O3+. The Morgan fingerprint density at radius 3 is 2.21 bits per heavy atom. The van der Waals surface area contributed by atoms with Crippen molar-refractivity contribution in [1.29, 1.82) is 0 Å². The molecule has 4 N–H and O–H groups in total. The van der Waals surface area contributed by atoms with Gasteiger partial charge in [0.25, 0.3) is 5.91 Å². The molecule has 1 atom stereocenters. The lowest BCUT2D eigenvalue weighted by molar-refractivity contribution is -0.676. The van der Waals surface area contributed by atoms with Crippen LogP contribution in [0.2, 0.25) is 0 Å². The van der Waals surface area contributed by atoms with Crippen LogP contribution in [0.1, 0.15) is 31.0 Å². The second-order valence-corrected chi connectivity index (χ2v) is 6.93. The van der Waals surface area contributed by atoms with E-state index in [2.05, 4.69) is 15.4 Å². The van der Waals surface area contributed by atoms with Crippen LogP contribution in [0.25, 0.3) is 0 Å². The minimum atomic E-state index is -2.89. The maximum absolute atomic E-state index is 12.4. The summed E-state index contributed by atoms with van der Waals surface area (Å²) in [4.78, 5) is 23.9. The van der Waals surface area contributed by atoms with Crippen LogP contribution in [-0.2, 0) is 4.79 Å². The van der Waals surface area contributed by atoms with Crippen molar-refractivity contribution in [2.75, 3.05) is 13.1 Å². The zero-order valence-electron chi connectivity index (χ0n) is 16.4. The molecule has 0 saturated carbocycles. The molecule has 0 fully saturated rings. The van der Waals surface area contributed by atoms with Crippen LogP contribution in [-0.4, -0.2) is 31.6 Å². The molecule has 0 aliphatic rings. The zero-order chi connectivity index (χ0) is 21.2. The molecule has 0 unspecified atom stereocenters. The van der Waals surface area contributed by atoms with Crippen molar-refractivity contribution in [3.8, 4) is 5.75 Å². The van der Waals surface area contributed by atoms with E-state index >= 15 is 0 Å². The van der Waals surface area contributed by atoms with E-state index in [4.69, 9.17) is 0 Å². The van der Waals surface area contributed by atoms with E-state index in [1.54, 1.807) is 17.4 Å². The SMILES string of the molecule is CC(C)CNC(=O)NC(=O)C[NH2+][C@@H](c1ccccc1)c1ccc(OC(F)F)cc1. The minimum Gasteiger partial charge on any atom is -0.435 e. The third kappa shape index (κ3) is 7.87. The minimum absolute atomic E-state index is 0.0178. The largest absolute Gasteiger partial charge is 0.435 e. The second kappa shape index (κ2) is 11.1. The average molecular weight is 406 g/mol. The van der Waals surface area contributed by atoms with E-state index in [9.17, 15) is 18.4 Å². The summed E-state index contributed by atoms with van der Waals surface area (Å²) >= 11 is 0. The molecule has 29 heavy (non-hydrogen) atoms. The highest BCUT2D eigenvalue weighted by Crippen LogP contribution is 2.22. The molecule has 0 bridgehead atoms. The molecule has 6 nitrogen and oxygen atoms in total. The quantitative estimate of drug-likeness (QED) is 0.598. The number of carbonyl (C=O) groups is 2. The molecule has 2 aromatic rings. The van der Waals surface area contributed by atoms with Gasteiger partial charge in [0.15, 0.2) is 6.54 Å². The lowest BCUT2D eigenvalue weighted by Crippen LogP contribution is -2.88. The van der Waals surface area contributed by atoms with Gasteiger partial charge >= 0.3 is 12.6 Å². The Balaban J connectivity index is 2.04. The molecule has 0 heterocycles. The lowest BCUT2D eigenvalue weighted by Gasteiger charge is -2.17. The molecule has 2 aromatic carbocycles. The highest BCUT2D eigenvalue weighted by molar-refractivity contribution is 5.94. The number of benzene rings is 2. The highest BCUT2D eigenvalue weighted by Gasteiger charge is 2.20. The van der Waals surface area contributed by atoms with Gasteiger partial charge in [0, 0.05) is 17.7 Å². The number of alkyl halides is 2. The summed E-state index contributed by atoms with van der Waals surface area (Å²) in [5, 5.41) is 6.71. The Morgan fingerprint density at radius 1 is 1.00 bits per heavy atom. The Hall–Kier alpha value is -3.00. The first-order valence-corrected chi connectivity index (χ1v) is 9.36. The summed E-state index contributed by atoms with van der Waals surface area (Å²) in [6.45, 7) is 1.52. The summed E-state index contributed by atoms with van der Waals surface area (Å²) in [6.07, 6.45) is 0. The highest BCUT2D eigenvalue weighted by atomic mass is 19.3. The van der Waals surface area contributed by atoms with E-state index in [-0.39, 0.29) is 24.3 Å².